The van der Waals surface area contributed by atoms with Crippen LogP contribution in [-0.4, -0.2) is 13.6 Å². The van der Waals surface area contributed by atoms with Crippen LogP contribution in [0.4, 0.5) is 4.39 Å². The summed E-state index contributed by atoms with van der Waals surface area (Å²) in [5, 5.41) is 2.90. The molecule has 1 aromatic carbocycles. The van der Waals surface area contributed by atoms with Gasteiger partial charge in [-0.15, -0.1) is 0 Å². The van der Waals surface area contributed by atoms with E-state index in [1.54, 1.807) is 12.1 Å². The summed E-state index contributed by atoms with van der Waals surface area (Å²) >= 11 is 0. The maximum atomic E-state index is 12.4. The highest BCUT2D eigenvalue weighted by Gasteiger charge is 1.87. The Hall–Kier alpha value is -1.33. The van der Waals surface area contributed by atoms with Crippen molar-refractivity contribution in [2.45, 2.75) is 0 Å². The van der Waals surface area contributed by atoms with Crippen molar-refractivity contribution in [3.05, 3.63) is 35.6 Å². The summed E-state index contributed by atoms with van der Waals surface area (Å²) in [5.41, 5.74) is 0.839. The van der Waals surface area contributed by atoms with Gasteiger partial charge in [0.1, 0.15) is 5.82 Å². The normalized spacial score (nSPS) is 8.83. The van der Waals surface area contributed by atoms with Crippen LogP contribution in [0.1, 0.15) is 5.56 Å². The van der Waals surface area contributed by atoms with Gasteiger partial charge in [0, 0.05) is 5.56 Å². The van der Waals surface area contributed by atoms with Crippen LogP contribution in [0.15, 0.2) is 24.3 Å². The van der Waals surface area contributed by atoms with E-state index in [1.807, 2.05) is 7.05 Å². The molecule has 0 atom stereocenters. The Labute approximate surface area is 71.6 Å². The summed E-state index contributed by atoms with van der Waals surface area (Å²) in [6, 6.07) is 6.14. The summed E-state index contributed by atoms with van der Waals surface area (Å²) < 4.78 is 12.4. The van der Waals surface area contributed by atoms with Crippen molar-refractivity contribution in [2.75, 3.05) is 13.6 Å². The lowest BCUT2D eigenvalue weighted by Crippen LogP contribution is -2.04. The van der Waals surface area contributed by atoms with Gasteiger partial charge in [0.05, 0.1) is 6.54 Å². The van der Waals surface area contributed by atoms with E-state index in [9.17, 15) is 4.39 Å². The van der Waals surface area contributed by atoms with Gasteiger partial charge in [-0.25, -0.2) is 4.39 Å². The van der Waals surface area contributed by atoms with Gasteiger partial charge < -0.3 is 5.32 Å². The minimum atomic E-state index is -0.228. The largest absolute Gasteiger partial charge is 0.309 e. The second-order valence-corrected chi connectivity index (χ2v) is 2.34. The lowest BCUT2D eigenvalue weighted by Gasteiger charge is -1.88. The SMILES string of the molecule is CNCC#Cc1ccc(F)cc1. The quantitative estimate of drug-likeness (QED) is 0.617. The first kappa shape index (κ1) is 8.76. The molecule has 0 spiro atoms. The Bertz CT molecular complexity index is 292. The van der Waals surface area contributed by atoms with Crippen molar-refractivity contribution >= 4 is 0 Å². The molecule has 2 heteroatoms. The zero-order valence-corrected chi connectivity index (χ0v) is 6.89. The highest BCUT2D eigenvalue weighted by atomic mass is 19.1. The molecule has 1 N–H and O–H groups in total. The Morgan fingerprint density at radius 3 is 2.58 bits per heavy atom. The average molecular weight is 163 g/mol. The smallest absolute Gasteiger partial charge is 0.123 e. The van der Waals surface area contributed by atoms with E-state index >= 15 is 0 Å². The fourth-order valence-corrected chi connectivity index (χ4v) is 0.768. The van der Waals surface area contributed by atoms with Gasteiger partial charge in [-0.2, -0.15) is 0 Å². The number of hydrogen-bond acceptors (Lipinski definition) is 1. The predicted molar refractivity (Wildman–Crippen MR) is 47.2 cm³/mol. The first-order valence-electron chi connectivity index (χ1n) is 3.72. The second kappa shape index (κ2) is 4.53. The van der Waals surface area contributed by atoms with Gasteiger partial charge in [-0.05, 0) is 31.3 Å². The number of nitrogens with one attached hydrogen (secondary N) is 1. The fourth-order valence-electron chi connectivity index (χ4n) is 0.768. The van der Waals surface area contributed by atoms with E-state index in [1.165, 1.54) is 12.1 Å². The zero-order chi connectivity index (χ0) is 8.81. The van der Waals surface area contributed by atoms with Crippen molar-refractivity contribution < 1.29 is 4.39 Å². The highest BCUT2D eigenvalue weighted by molar-refractivity contribution is 5.34. The molecule has 12 heavy (non-hydrogen) atoms. The van der Waals surface area contributed by atoms with Crippen molar-refractivity contribution in [1.82, 2.24) is 5.32 Å². The van der Waals surface area contributed by atoms with Crippen LogP contribution in [0.5, 0.6) is 0 Å². The van der Waals surface area contributed by atoms with Gasteiger partial charge in [-0.1, -0.05) is 11.8 Å². The van der Waals surface area contributed by atoms with Crippen LogP contribution in [0.3, 0.4) is 0 Å². The summed E-state index contributed by atoms with van der Waals surface area (Å²) in [6.45, 7) is 0.650. The van der Waals surface area contributed by atoms with Gasteiger partial charge >= 0.3 is 0 Å². The maximum Gasteiger partial charge on any atom is 0.123 e. The molecule has 0 aliphatic rings. The molecule has 0 amide bonds. The van der Waals surface area contributed by atoms with Crippen LogP contribution < -0.4 is 5.32 Å². The monoisotopic (exact) mass is 163 g/mol. The van der Waals surface area contributed by atoms with E-state index < -0.39 is 0 Å². The van der Waals surface area contributed by atoms with Crippen molar-refractivity contribution in [3.63, 3.8) is 0 Å². The van der Waals surface area contributed by atoms with E-state index in [0.717, 1.165) is 5.56 Å². The van der Waals surface area contributed by atoms with Crippen molar-refractivity contribution in [3.8, 4) is 11.8 Å². The van der Waals surface area contributed by atoms with Crippen LogP contribution >= 0.6 is 0 Å². The van der Waals surface area contributed by atoms with E-state index in [0.29, 0.717) is 6.54 Å². The molecule has 62 valence electrons. The Morgan fingerprint density at radius 1 is 1.33 bits per heavy atom. The fraction of sp³-hybridized carbons (Fsp3) is 0.200. The van der Waals surface area contributed by atoms with Crippen LogP contribution in [0, 0.1) is 17.7 Å². The second-order valence-electron chi connectivity index (χ2n) is 2.34. The van der Waals surface area contributed by atoms with E-state index in [4.69, 9.17) is 0 Å². The standard InChI is InChI=1S/C10H10FN/c1-12-8-2-3-9-4-6-10(11)7-5-9/h4-7,12H,8H2,1H3. The predicted octanol–water partition coefficient (Wildman–Crippen LogP) is 1.40. The molecular weight excluding hydrogens is 153 g/mol. The molecule has 0 radical (unpaired) electrons. The van der Waals surface area contributed by atoms with Crippen molar-refractivity contribution in [2.24, 2.45) is 0 Å². The van der Waals surface area contributed by atoms with Crippen molar-refractivity contribution in [1.29, 1.82) is 0 Å². The molecule has 0 aliphatic heterocycles. The minimum Gasteiger partial charge on any atom is -0.309 e. The number of halogens is 1. The van der Waals surface area contributed by atoms with Crippen LogP contribution in [0.25, 0.3) is 0 Å². The average Bonchev–Trinajstić information content (AvgIpc) is 2.09. The Balaban J connectivity index is 2.66. The van der Waals surface area contributed by atoms with Crippen LogP contribution in [-0.2, 0) is 0 Å². The van der Waals surface area contributed by atoms with Gasteiger partial charge in [0.25, 0.3) is 0 Å². The maximum absolute atomic E-state index is 12.4. The van der Waals surface area contributed by atoms with Gasteiger partial charge in [0.2, 0.25) is 0 Å². The molecule has 0 saturated carbocycles. The Morgan fingerprint density at radius 2 is 2.00 bits per heavy atom. The molecule has 0 unspecified atom stereocenters. The molecule has 0 bridgehead atoms. The number of rotatable bonds is 1. The van der Waals surface area contributed by atoms with Crippen LogP contribution in [0.2, 0.25) is 0 Å². The third kappa shape index (κ3) is 2.73. The summed E-state index contributed by atoms with van der Waals surface area (Å²) in [7, 11) is 1.83. The van der Waals surface area contributed by atoms with E-state index in [2.05, 4.69) is 17.2 Å². The molecule has 0 fully saturated rings. The zero-order valence-electron chi connectivity index (χ0n) is 6.89. The minimum absolute atomic E-state index is 0.228. The molecule has 0 aliphatic carbocycles. The van der Waals surface area contributed by atoms with Gasteiger partial charge in [0.15, 0.2) is 0 Å². The summed E-state index contributed by atoms with van der Waals surface area (Å²) in [5.74, 6) is 5.55. The van der Waals surface area contributed by atoms with E-state index in [-0.39, 0.29) is 5.82 Å². The lowest BCUT2D eigenvalue weighted by atomic mass is 10.2. The number of benzene rings is 1. The molecule has 0 aromatic heterocycles. The first-order valence-corrected chi connectivity index (χ1v) is 3.72. The molecule has 0 heterocycles. The highest BCUT2D eigenvalue weighted by Crippen LogP contribution is 1.99. The summed E-state index contributed by atoms with van der Waals surface area (Å²) in [6.07, 6.45) is 0. The van der Waals surface area contributed by atoms with Gasteiger partial charge in [-0.3, -0.25) is 0 Å². The topological polar surface area (TPSA) is 12.0 Å². The molecule has 1 nitrogen and oxygen atoms in total. The summed E-state index contributed by atoms with van der Waals surface area (Å²) in [4.78, 5) is 0. The molecular formula is C10H10FN. The third-order valence-corrected chi connectivity index (χ3v) is 1.34. The number of hydrogen-bond donors (Lipinski definition) is 1. The molecule has 1 rings (SSSR count). The molecule has 1 aromatic rings. The Kier molecular flexibility index (Phi) is 3.31. The molecule has 0 saturated heterocycles. The lowest BCUT2D eigenvalue weighted by molar-refractivity contribution is 0.627. The first-order chi connectivity index (χ1) is 5.83. The third-order valence-electron chi connectivity index (χ3n) is 1.34.